The van der Waals surface area contributed by atoms with E-state index in [-0.39, 0.29) is 11.5 Å². The molecule has 0 saturated carbocycles. The number of hydrogen-bond donors (Lipinski definition) is 0. The topological polar surface area (TPSA) is 60.4 Å². The standard InChI is InChI=1S/C12H11F3O4S/c1-7(16)8-5-6-11(10-4-2-3-9(8)10)19-20(17,18)12(13,14)15/h5-6H,2-4H2,1H3. The van der Waals surface area contributed by atoms with Crippen LogP contribution in [0.1, 0.15) is 34.8 Å². The number of rotatable bonds is 3. The molecule has 0 radical (unpaired) electrons. The maximum absolute atomic E-state index is 12.3. The van der Waals surface area contributed by atoms with Gasteiger partial charge in [-0.3, -0.25) is 4.79 Å². The summed E-state index contributed by atoms with van der Waals surface area (Å²) in [5, 5.41) is 0. The van der Waals surface area contributed by atoms with Crippen LogP contribution in [-0.2, 0) is 23.0 Å². The lowest BCUT2D eigenvalue weighted by molar-refractivity contribution is -0.0500. The zero-order valence-electron chi connectivity index (χ0n) is 10.5. The first-order valence-electron chi connectivity index (χ1n) is 5.80. The molecule has 4 nitrogen and oxygen atoms in total. The van der Waals surface area contributed by atoms with Crippen molar-refractivity contribution in [3.8, 4) is 5.75 Å². The van der Waals surface area contributed by atoms with Gasteiger partial charge >= 0.3 is 15.6 Å². The van der Waals surface area contributed by atoms with Gasteiger partial charge < -0.3 is 4.18 Å². The van der Waals surface area contributed by atoms with E-state index >= 15 is 0 Å². The lowest BCUT2D eigenvalue weighted by Gasteiger charge is -2.14. The highest BCUT2D eigenvalue weighted by atomic mass is 32.2. The minimum atomic E-state index is -5.69. The quantitative estimate of drug-likeness (QED) is 0.489. The van der Waals surface area contributed by atoms with Gasteiger partial charge in [-0.25, -0.2) is 0 Å². The van der Waals surface area contributed by atoms with E-state index in [1.54, 1.807) is 0 Å². The summed E-state index contributed by atoms with van der Waals surface area (Å²) in [6.45, 7) is 1.35. The minimum Gasteiger partial charge on any atom is -0.376 e. The number of carbonyl (C=O) groups excluding carboxylic acids is 1. The zero-order valence-corrected chi connectivity index (χ0v) is 11.3. The average Bonchev–Trinajstić information content (AvgIpc) is 2.76. The number of alkyl halides is 3. The first-order chi connectivity index (χ1) is 9.13. The Bertz CT molecular complexity index is 662. The Morgan fingerprint density at radius 2 is 1.80 bits per heavy atom. The second kappa shape index (κ2) is 4.76. The van der Waals surface area contributed by atoms with Crippen LogP contribution in [0.4, 0.5) is 13.2 Å². The van der Waals surface area contributed by atoms with E-state index in [1.165, 1.54) is 13.0 Å². The molecule has 0 amide bonds. The van der Waals surface area contributed by atoms with Crippen molar-refractivity contribution in [3.05, 3.63) is 28.8 Å². The van der Waals surface area contributed by atoms with Crippen molar-refractivity contribution >= 4 is 15.9 Å². The monoisotopic (exact) mass is 308 g/mol. The van der Waals surface area contributed by atoms with Gasteiger partial charge in [-0.1, -0.05) is 0 Å². The molecule has 2 rings (SSSR count). The Morgan fingerprint density at radius 3 is 2.35 bits per heavy atom. The van der Waals surface area contributed by atoms with E-state index in [1.807, 2.05) is 0 Å². The summed E-state index contributed by atoms with van der Waals surface area (Å²) in [5.74, 6) is -0.562. The number of ketones is 1. The molecule has 0 aromatic heterocycles. The zero-order chi connectivity index (χ0) is 15.1. The molecule has 20 heavy (non-hydrogen) atoms. The third-order valence-corrected chi connectivity index (χ3v) is 4.07. The van der Waals surface area contributed by atoms with Crippen LogP contribution >= 0.6 is 0 Å². The Hall–Kier alpha value is -1.57. The lowest BCUT2D eigenvalue weighted by Crippen LogP contribution is -2.28. The first-order valence-corrected chi connectivity index (χ1v) is 7.21. The molecule has 0 unspecified atom stereocenters. The van der Waals surface area contributed by atoms with E-state index in [0.29, 0.717) is 36.0 Å². The second-order valence-corrected chi connectivity index (χ2v) is 6.00. The van der Waals surface area contributed by atoms with Crippen molar-refractivity contribution in [1.82, 2.24) is 0 Å². The number of fused-ring (bicyclic) bond motifs is 1. The lowest BCUT2D eigenvalue weighted by atomic mass is 10.00. The van der Waals surface area contributed by atoms with Gasteiger partial charge in [-0.2, -0.15) is 21.6 Å². The molecular weight excluding hydrogens is 297 g/mol. The molecule has 0 N–H and O–H groups in total. The summed E-state index contributed by atoms with van der Waals surface area (Å²) < 4.78 is 63.2. The van der Waals surface area contributed by atoms with Crippen LogP contribution in [0, 0.1) is 0 Å². The third-order valence-electron chi connectivity index (χ3n) is 3.10. The molecule has 0 atom stereocenters. The molecule has 1 aromatic carbocycles. The summed E-state index contributed by atoms with van der Waals surface area (Å²) in [5.41, 5.74) is -4.13. The van der Waals surface area contributed by atoms with Gasteiger partial charge in [-0.05, 0) is 49.4 Å². The van der Waals surface area contributed by atoms with Gasteiger partial charge in [0.1, 0.15) is 5.75 Å². The fraction of sp³-hybridized carbons (Fsp3) is 0.417. The molecular formula is C12H11F3O4S. The maximum Gasteiger partial charge on any atom is 0.534 e. The number of Topliss-reactive ketones (excluding diaryl/α,β-unsaturated/α-hetero) is 1. The SMILES string of the molecule is CC(=O)c1ccc(OS(=O)(=O)C(F)(F)F)c2c1CCC2. The van der Waals surface area contributed by atoms with Gasteiger partial charge in [-0.15, -0.1) is 0 Å². The predicted octanol–water partition coefficient (Wildman–Crippen LogP) is 2.61. The van der Waals surface area contributed by atoms with E-state index in [2.05, 4.69) is 4.18 Å². The van der Waals surface area contributed by atoms with Crippen LogP contribution in [-0.4, -0.2) is 19.7 Å². The van der Waals surface area contributed by atoms with Crippen LogP contribution in [0.3, 0.4) is 0 Å². The number of halogens is 3. The maximum atomic E-state index is 12.3. The summed E-state index contributed by atoms with van der Waals surface area (Å²) in [6.07, 6.45) is 1.55. The molecule has 1 aromatic rings. The van der Waals surface area contributed by atoms with E-state index < -0.39 is 15.6 Å². The second-order valence-electron chi connectivity index (χ2n) is 4.46. The van der Waals surface area contributed by atoms with Crippen LogP contribution in [0.15, 0.2) is 12.1 Å². The molecule has 1 aliphatic carbocycles. The molecule has 0 bridgehead atoms. The molecule has 0 heterocycles. The van der Waals surface area contributed by atoms with Crippen molar-refractivity contribution in [2.24, 2.45) is 0 Å². The Balaban J connectivity index is 2.47. The molecule has 1 aliphatic rings. The number of hydrogen-bond acceptors (Lipinski definition) is 4. The predicted molar refractivity (Wildman–Crippen MR) is 64.1 cm³/mol. The van der Waals surface area contributed by atoms with Gasteiger partial charge in [0, 0.05) is 5.56 Å². The number of carbonyl (C=O) groups is 1. The van der Waals surface area contributed by atoms with Crippen molar-refractivity contribution < 1.29 is 30.6 Å². The fourth-order valence-electron chi connectivity index (χ4n) is 2.25. The van der Waals surface area contributed by atoms with Crippen LogP contribution in [0.5, 0.6) is 5.75 Å². The van der Waals surface area contributed by atoms with Crippen LogP contribution < -0.4 is 4.18 Å². The molecule has 8 heteroatoms. The Kier molecular flexibility index (Phi) is 3.53. The van der Waals surface area contributed by atoms with Crippen molar-refractivity contribution in [2.45, 2.75) is 31.7 Å². The first kappa shape index (κ1) is 14.8. The van der Waals surface area contributed by atoms with Crippen molar-refractivity contribution in [3.63, 3.8) is 0 Å². The van der Waals surface area contributed by atoms with Crippen LogP contribution in [0.2, 0.25) is 0 Å². The molecule has 0 aliphatic heterocycles. The Labute approximate surface area is 113 Å². The van der Waals surface area contributed by atoms with E-state index in [4.69, 9.17) is 0 Å². The normalized spacial score (nSPS) is 15.0. The summed E-state index contributed by atoms with van der Waals surface area (Å²) in [6, 6.07) is 2.40. The summed E-state index contributed by atoms with van der Waals surface area (Å²) >= 11 is 0. The summed E-state index contributed by atoms with van der Waals surface area (Å²) in [7, 11) is -5.69. The minimum absolute atomic E-state index is 0.214. The summed E-state index contributed by atoms with van der Waals surface area (Å²) in [4.78, 5) is 11.4. The van der Waals surface area contributed by atoms with Gasteiger partial charge in [0.15, 0.2) is 5.78 Å². The highest BCUT2D eigenvalue weighted by Gasteiger charge is 2.49. The molecule has 0 saturated heterocycles. The van der Waals surface area contributed by atoms with Gasteiger partial charge in [0.25, 0.3) is 0 Å². The van der Waals surface area contributed by atoms with Crippen LogP contribution in [0.25, 0.3) is 0 Å². The molecule has 0 fully saturated rings. The van der Waals surface area contributed by atoms with E-state index in [9.17, 15) is 26.4 Å². The van der Waals surface area contributed by atoms with E-state index in [0.717, 1.165) is 6.07 Å². The highest BCUT2D eigenvalue weighted by molar-refractivity contribution is 7.88. The third kappa shape index (κ3) is 2.52. The highest BCUT2D eigenvalue weighted by Crippen LogP contribution is 2.36. The average molecular weight is 308 g/mol. The van der Waals surface area contributed by atoms with Gasteiger partial charge in [0.2, 0.25) is 0 Å². The van der Waals surface area contributed by atoms with Crippen molar-refractivity contribution in [1.29, 1.82) is 0 Å². The number of benzene rings is 1. The molecule has 0 spiro atoms. The van der Waals surface area contributed by atoms with Crippen molar-refractivity contribution in [2.75, 3.05) is 0 Å². The smallest absolute Gasteiger partial charge is 0.376 e. The largest absolute Gasteiger partial charge is 0.534 e. The molecule has 110 valence electrons. The van der Waals surface area contributed by atoms with Gasteiger partial charge in [0.05, 0.1) is 0 Å². The Morgan fingerprint density at radius 1 is 1.20 bits per heavy atom. The fourth-order valence-corrected chi connectivity index (χ4v) is 2.73.